The van der Waals surface area contributed by atoms with Gasteiger partial charge in [0, 0.05) is 32.3 Å². The van der Waals surface area contributed by atoms with Crippen molar-refractivity contribution in [1.82, 2.24) is 15.1 Å². The average Bonchev–Trinajstić information content (AvgIpc) is 2.67. The number of carbonyl (C=O) groups excluding carboxylic acids is 1. The summed E-state index contributed by atoms with van der Waals surface area (Å²) in [5.41, 5.74) is 1.52. The third kappa shape index (κ3) is 3.80. The van der Waals surface area contributed by atoms with Gasteiger partial charge < -0.3 is 10.6 Å². The normalized spacial score (nSPS) is 21.6. The van der Waals surface area contributed by atoms with Crippen LogP contribution in [0.25, 0.3) is 0 Å². The minimum Gasteiger partial charge on any atom is -0.323 e. The fourth-order valence-corrected chi connectivity index (χ4v) is 3.77. The van der Waals surface area contributed by atoms with E-state index in [0.29, 0.717) is 12.2 Å². The molecule has 2 heterocycles. The zero-order valence-corrected chi connectivity index (χ0v) is 12.5. The van der Waals surface area contributed by atoms with Gasteiger partial charge in [0.2, 0.25) is 5.91 Å². The lowest BCUT2D eigenvalue weighted by Crippen LogP contribution is -2.46. The summed E-state index contributed by atoms with van der Waals surface area (Å²) in [6.07, 6.45) is 2.63. The Morgan fingerprint density at radius 2 is 2.35 bits per heavy atom. The molecule has 1 aliphatic heterocycles. The molecule has 0 aromatic carbocycles. The van der Waals surface area contributed by atoms with Crippen LogP contribution in [0.4, 0.5) is 5.69 Å². The third-order valence-electron chi connectivity index (χ3n) is 3.25. The van der Waals surface area contributed by atoms with Crippen LogP contribution >= 0.6 is 0 Å². The lowest BCUT2D eigenvalue weighted by atomic mass is 10.2. The Hall–Kier alpha value is -1.41. The molecule has 20 heavy (non-hydrogen) atoms. The molecule has 112 valence electrons. The maximum absolute atomic E-state index is 12.0. The number of amides is 1. The molecule has 1 fully saturated rings. The second-order valence-electron chi connectivity index (χ2n) is 5.03. The number of carbonyl (C=O) groups is 1. The van der Waals surface area contributed by atoms with Crippen molar-refractivity contribution in [1.29, 1.82) is 0 Å². The Kier molecular flexibility index (Phi) is 4.44. The molecule has 0 spiro atoms. The number of rotatable bonds is 4. The van der Waals surface area contributed by atoms with Crippen molar-refractivity contribution in [3.05, 3.63) is 11.9 Å². The first-order chi connectivity index (χ1) is 9.39. The summed E-state index contributed by atoms with van der Waals surface area (Å²) in [7, 11) is -1.22. The molecule has 8 heteroatoms. The van der Waals surface area contributed by atoms with E-state index in [1.54, 1.807) is 17.9 Å². The molecule has 2 N–H and O–H groups in total. The zero-order chi connectivity index (χ0) is 14.8. The van der Waals surface area contributed by atoms with Gasteiger partial charge in [-0.2, -0.15) is 5.10 Å². The van der Waals surface area contributed by atoms with Gasteiger partial charge in [0.05, 0.1) is 22.9 Å². The monoisotopic (exact) mass is 300 g/mol. The number of nitrogens with one attached hydrogen (secondary N) is 2. The van der Waals surface area contributed by atoms with Crippen molar-refractivity contribution in [3.63, 3.8) is 0 Å². The predicted molar refractivity (Wildman–Crippen MR) is 76.3 cm³/mol. The molecule has 0 bridgehead atoms. The van der Waals surface area contributed by atoms with Gasteiger partial charge in [-0.15, -0.1) is 0 Å². The lowest BCUT2D eigenvalue weighted by Gasteiger charge is -2.23. The number of aryl methyl sites for hydroxylation is 2. The summed E-state index contributed by atoms with van der Waals surface area (Å²) >= 11 is 0. The highest BCUT2D eigenvalue weighted by molar-refractivity contribution is 7.91. The number of hydrogen-bond acceptors (Lipinski definition) is 5. The number of aromatic nitrogens is 2. The Balaban J connectivity index is 1.95. The molecule has 1 atom stereocenters. The minimum absolute atomic E-state index is 0.0219. The van der Waals surface area contributed by atoms with Crippen LogP contribution in [0, 0.1) is 0 Å². The van der Waals surface area contributed by atoms with Crippen molar-refractivity contribution >= 4 is 21.4 Å². The zero-order valence-electron chi connectivity index (χ0n) is 11.7. The molecular weight excluding hydrogens is 280 g/mol. The quantitative estimate of drug-likeness (QED) is 0.796. The standard InChI is InChI=1S/C12H20N4O3S/c1-3-10-11(7-16(2)15-10)14-12(17)6-9-8-20(18,19)5-4-13-9/h7,9,13H,3-6,8H2,1-2H3,(H,14,17). The van der Waals surface area contributed by atoms with Gasteiger partial charge in [-0.05, 0) is 6.42 Å². The van der Waals surface area contributed by atoms with Crippen LogP contribution in [-0.4, -0.2) is 48.2 Å². The maximum Gasteiger partial charge on any atom is 0.226 e. The molecule has 7 nitrogen and oxygen atoms in total. The molecule has 0 aliphatic carbocycles. The van der Waals surface area contributed by atoms with Crippen LogP contribution in [0.2, 0.25) is 0 Å². The summed E-state index contributed by atoms with van der Waals surface area (Å²) in [6, 6.07) is -0.310. The van der Waals surface area contributed by atoms with Gasteiger partial charge >= 0.3 is 0 Å². The van der Waals surface area contributed by atoms with Gasteiger partial charge in [0.15, 0.2) is 9.84 Å². The largest absolute Gasteiger partial charge is 0.323 e. The molecule has 1 aliphatic rings. The lowest BCUT2D eigenvalue weighted by molar-refractivity contribution is -0.116. The topological polar surface area (TPSA) is 93.1 Å². The second-order valence-corrected chi connectivity index (χ2v) is 7.26. The summed E-state index contributed by atoms with van der Waals surface area (Å²) in [4.78, 5) is 12.0. The van der Waals surface area contributed by atoms with E-state index in [2.05, 4.69) is 15.7 Å². The van der Waals surface area contributed by atoms with E-state index in [1.165, 1.54) is 0 Å². The number of hydrogen-bond donors (Lipinski definition) is 2. The van der Waals surface area contributed by atoms with Gasteiger partial charge in [0.1, 0.15) is 0 Å². The Morgan fingerprint density at radius 1 is 1.60 bits per heavy atom. The Labute approximate surface area is 118 Å². The van der Waals surface area contributed by atoms with E-state index in [1.807, 2.05) is 6.92 Å². The summed E-state index contributed by atoms with van der Waals surface area (Å²) in [5.74, 6) is -0.0239. The highest BCUT2D eigenvalue weighted by atomic mass is 32.2. The fourth-order valence-electron chi connectivity index (χ4n) is 2.32. The summed E-state index contributed by atoms with van der Waals surface area (Å²) < 4.78 is 24.7. The first-order valence-corrected chi connectivity index (χ1v) is 8.48. The highest BCUT2D eigenvalue weighted by Crippen LogP contribution is 2.14. The van der Waals surface area contributed by atoms with Gasteiger partial charge in [0.25, 0.3) is 0 Å². The van der Waals surface area contributed by atoms with E-state index >= 15 is 0 Å². The van der Waals surface area contributed by atoms with Crippen LogP contribution in [-0.2, 0) is 28.1 Å². The molecule has 2 rings (SSSR count). The van der Waals surface area contributed by atoms with Crippen molar-refractivity contribution in [2.45, 2.75) is 25.8 Å². The third-order valence-corrected chi connectivity index (χ3v) is 4.98. The minimum atomic E-state index is -3.02. The second kappa shape index (κ2) is 5.92. The summed E-state index contributed by atoms with van der Waals surface area (Å²) in [6.45, 7) is 2.38. The van der Waals surface area contributed by atoms with E-state index in [0.717, 1.165) is 12.1 Å². The van der Waals surface area contributed by atoms with Crippen LogP contribution in [0.3, 0.4) is 0 Å². The van der Waals surface area contributed by atoms with Crippen molar-refractivity contribution < 1.29 is 13.2 Å². The maximum atomic E-state index is 12.0. The highest BCUT2D eigenvalue weighted by Gasteiger charge is 2.26. The van der Waals surface area contributed by atoms with Crippen LogP contribution in [0.1, 0.15) is 19.0 Å². The molecule has 0 radical (unpaired) electrons. The van der Waals surface area contributed by atoms with E-state index in [-0.39, 0.29) is 29.9 Å². The van der Waals surface area contributed by atoms with E-state index < -0.39 is 9.84 Å². The Morgan fingerprint density at radius 3 is 3.00 bits per heavy atom. The van der Waals surface area contributed by atoms with Crippen molar-refractivity contribution in [2.75, 3.05) is 23.4 Å². The first kappa shape index (κ1) is 15.0. The van der Waals surface area contributed by atoms with Gasteiger partial charge in [-0.1, -0.05) is 6.92 Å². The first-order valence-electron chi connectivity index (χ1n) is 6.66. The van der Waals surface area contributed by atoms with E-state index in [4.69, 9.17) is 0 Å². The van der Waals surface area contributed by atoms with Crippen LogP contribution in [0.5, 0.6) is 0 Å². The molecule has 0 saturated carbocycles. The molecule has 1 aromatic rings. The molecule has 1 aromatic heterocycles. The number of sulfone groups is 1. The van der Waals surface area contributed by atoms with Gasteiger partial charge in [-0.25, -0.2) is 8.42 Å². The number of anilines is 1. The van der Waals surface area contributed by atoms with Crippen molar-refractivity contribution in [2.24, 2.45) is 7.05 Å². The molecular formula is C12H20N4O3S. The predicted octanol–water partition coefficient (Wildman–Crippen LogP) is -0.302. The fraction of sp³-hybridized carbons (Fsp3) is 0.667. The number of nitrogens with zero attached hydrogens (tertiary/aromatic N) is 2. The van der Waals surface area contributed by atoms with Gasteiger partial charge in [-0.3, -0.25) is 9.48 Å². The van der Waals surface area contributed by atoms with Crippen LogP contribution in [0.15, 0.2) is 6.20 Å². The average molecular weight is 300 g/mol. The molecule has 1 saturated heterocycles. The molecule has 1 unspecified atom stereocenters. The van der Waals surface area contributed by atoms with Crippen LogP contribution < -0.4 is 10.6 Å². The Bertz CT molecular complexity index is 594. The summed E-state index contributed by atoms with van der Waals surface area (Å²) in [5, 5.41) is 10.1. The van der Waals surface area contributed by atoms with Crippen molar-refractivity contribution in [3.8, 4) is 0 Å². The molecule has 1 amide bonds. The smallest absolute Gasteiger partial charge is 0.226 e. The SMILES string of the molecule is CCc1nn(C)cc1NC(=O)CC1CS(=O)(=O)CCN1. The van der Waals surface area contributed by atoms with E-state index in [9.17, 15) is 13.2 Å².